The van der Waals surface area contributed by atoms with E-state index in [0.29, 0.717) is 18.8 Å². The number of hydrogen-bond donors (Lipinski definition) is 0. The van der Waals surface area contributed by atoms with E-state index in [1.807, 2.05) is 6.92 Å². The summed E-state index contributed by atoms with van der Waals surface area (Å²) >= 11 is 0. The molecular weight excluding hydrogens is 231 g/mol. The van der Waals surface area contributed by atoms with Crippen LogP contribution >= 0.6 is 0 Å². The summed E-state index contributed by atoms with van der Waals surface area (Å²) in [4.78, 5) is 7.96. The van der Waals surface area contributed by atoms with Crippen molar-refractivity contribution < 1.29 is 9.13 Å². The average Bonchev–Trinajstić information content (AvgIpc) is 2.43. The number of hydrogen-bond acceptors (Lipinski definition) is 3. The zero-order valence-electron chi connectivity index (χ0n) is 11.5. The van der Waals surface area contributed by atoms with Gasteiger partial charge < -0.3 is 4.74 Å². The molecule has 1 heterocycles. The fourth-order valence-electron chi connectivity index (χ4n) is 1.71. The highest BCUT2D eigenvalue weighted by Gasteiger charge is 2.22. The zero-order valence-corrected chi connectivity index (χ0v) is 11.5. The second kappa shape index (κ2) is 8.01. The minimum atomic E-state index is -0.960. The Hall–Kier alpha value is -1.19. The van der Waals surface area contributed by atoms with Gasteiger partial charge in [-0.05, 0) is 31.2 Å². The summed E-state index contributed by atoms with van der Waals surface area (Å²) in [5.41, 5.74) is 0. The molecule has 0 aromatic carbocycles. The summed E-state index contributed by atoms with van der Waals surface area (Å²) in [6.45, 7) is 6.15. The lowest BCUT2D eigenvalue weighted by Crippen LogP contribution is -2.29. The van der Waals surface area contributed by atoms with Crippen molar-refractivity contribution >= 4 is 0 Å². The van der Waals surface area contributed by atoms with E-state index in [9.17, 15) is 4.39 Å². The Labute approximate surface area is 109 Å². The van der Waals surface area contributed by atoms with Gasteiger partial charge >= 0.3 is 6.01 Å². The third-order valence-electron chi connectivity index (χ3n) is 3.23. The van der Waals surface area contributed by atoms with Crippen molar-refractivity contribution in [1.29, 1.82) is 0 Å². The van der Waals surface area contributed by atoms with Gasteiger partial charge in [-0.3, -0.25) is 0 Å². The summed E-state index contributed by atoms with van der Waals surface area (Å²) in [6.07, 6.45) is 5.05. The summed E-state index contributed by atoms with van der Waals surface area (Å²) in [5.74, 6) is 0.594. The SMILES string of the molecule is CC[C@@H](C)CC[C@H](Oc1ncccn1)[C@H](F)CC. The summed E-state index contributed by atoms with van der Waals surface area (Å²) in [6, 6.07) is 1.98. The molecule has 0 N–H and O–H groups in total. The van der Waals surface area contributed by atoms with Crippen LogP contribution in [0.2, 0.25) is 0 Å². The molecule has 0 spiro atoms. The molecule has 0 unspecified atom stereocenters. The molecule has 1 aromatic rings. The van der Waals surface area contributed by atoms with Crippen LogP contribution in [0.1, 0.15) is 46.5 Å². The number of ether oxygens (including phenoxy) is 1. The third-order valence-corrected chi connectivity index (χ3v) is 3.23. The first kappa shape index (κ1) is 14.9. The van der Waals surface area contributed by atoms with Gasteiger partial charge in [0.2, 0.25) is 0 Å². The Kier molecular flexibility index (Phi) is 6.61. The maximum Gasteiger partial charge on any atom is 0.316 e. The minimum absolute atomic E-state index is 0.266. The van der Waals surface area contributed by atoms with Crippen molar-refractivity contribution in [2.75, 3.05) is 0 Å². The minimum Gasteiger partial charge on any atom is -0.457 e. The van der Waals surface area contributed by atoms with Crippen LogP contribution in [0.4, 0.5) is 4.39 Å². The van der Waals surface area contributed by atoms with Crippen molar-refractivity contribution in [3.8, 4) is 6.01 Å². The summed E-state index contributed by atoms with van der Waals surface area (Å²) in [7, 11) is 0. The van der Waals surface area contributed by atoms with E-state index in [1.165, 1.54) is 0 Å². The van der Waals surface area contributed by atoms with Crippen molar-refractivity contribution in [3.05, 3.63) is 18.5 Å². The molecule has 0 bridgehead atoms. The van der Waals surface area contributed by atoms with E-state index >= 15 is 0 Å². The van der Waals surface area contributed by atoms with E-state index in [0.717, 1.165) is 12.8 Å². The van der Waals surface area contributed by atoms with Crippen LogP contribution in [-0.2, 0) is 0 Å². The number of aromatic nitrogens is 2. The number of rotatable bonds is 8. The van der Waals surface area contributed by atoms with Crippen LogP contribution in [-0.4, -0.2) is 22.2 Å². The monoisotopic (exact) mass is 254 g/mol. The van der Waals surface area contributed by atoms with E-state index in [4.69, 9.17) is 4.74 Å². The van der Waals surface area contributed by atoms with Crippen LogP contribution in [0.25, 0.3) is 0 Å². The molecule has 0 aliphatic rings. The highest BCUT2D eigenvalue weighted by molar-refractivity contribution is 4.95. The van der Waals surface area contributed by atoms with Gasteiger partial charge in [0.1, 0.15) is 12.3 Å². The lowest BCUT2D eigenvalue weighted by molar-refractivity contribution is 0.0755. The Morgan fingerprint density at radius 1 is 1.17 bits per heavy atom. The van der Waals surface area contributed by atoms with Gasteiger partial charge in [-0.1, -0.05) is 27.2 Å². The van der Waals surface area contributed by atoms with Crippen molar-refractivity contribution in [2.45, 2.75) is 58.7 Å². The Morgan fingerprint density at radius 2 is 1.83 bits per heavy atom. The van der Waals surface area contributed by atoms with Gasteiger partial charge in [0.25, 0.3) is 0 Å². The fraction of sp³-hybridized carbons (Fsp3) is 0.714. The smallest absolute Gasteiger partial charge is 0.316 e. The number of alkyl halides is 1. The first-order valence-electron chi connectivity index (χ1n) is 6.75. The largest absolute Gasteiger partial charge is 0.457 e. The molecule has 0 amide bonds. The summed E-state index contributed by atoms with van der Waals surface area (Å²) < 4.78 is 19.4. The Morgan fingerprint density at radius 3 is 2.39 bits per heavy atom. The highest BCUT2D eigenvalue weighted by Crippen LogP contribution is 2.19. The maximum absolute atomic E-state index is 13.9. The molecule has 0 radical (unpaired) electrons. The van der Waals surface area contributed by atoms with Crippen molar-refractivity contribution in [2.24, 2.45) is 5.92 Å². The fourth-order valence-corrected chi connectivity index (χ4v) is 1.71. The van der Waals surface area contributed by atoms with Crippen LogP contribution in [0.3, 0.4) is 0 Å². The van der Waals surface area contributed by atoms with E-state index < -0.39 is 12.3 Å². The van der Waals surface area contributed by atoms with E-state index in [1.54, 1.807) is 18.5 Å². The molecule has 4 heteroatoms. The standard InChI is InChI=1S/C14H23FN2O/c1-4-11(3)7-8-13(12(15)5-2)18-14-16-9-6-10-17-14/h6,9-13H,4-5,7-8H2,1-3H3/t11-,12-,13+/m1/s1. The normalized spacial score (nSPS) is 16.0. The van der Waals surface area contributed by atoms with Crippen molar-refractivity contribution in [1.82, 2.24) is 9.97 Å². The second-order valence-electron chi connectivity index (χ2n) is 4.70. The number of halogens is 1. The molecule has 3 nitrogen and oxygen atoms in total. The van der Waals surface area contributed by atoms with Crippen LogP contribution in [0.15, 0.2) is 18.5 Å². The van der Waals surface area contributed by atoms with E-state index in [-0.39, 0.29) is 6.01 Å². The lowest BCUT2D eigenvalue weighted by Gasteiger charge is -2.21. The second-order valence-corrected chi connectivity index (χ2v) is 4.70. The van der Waals surface area contributed by atoms with Gasteiger partial charge in [-0.15, -0.1) is 0 Å². The Bertz CT molecular complexity index is 321. The molecule has 102 valence electrons. The van der Waals surface area contributed by atoms with Gasteiger partial charge in [0.15, 0.2) is 0 Å². The molecule has 0 saturated heterocycles. The molecule has 18 heavy (non-hydrogen) atoms. The molecule has 0 saturated carbocycles. The maximum atomic E-state index is 13.9. The lowest BCUT2D eigenvalue weighted by atomic mass is 9.98. The van der Waals surface area contributed by atoms with Crippen LogP contribution in [0, 0.1) is 5.92 Å². The van der Waals surface area contributed by atoms with Gasteiger partial charge in [-0.2, -0.15) is 0 Å². The third kappa shape index (κ3) is 4.98. The molecule has 3 atom stereocenters. The van der Waals surface area contributed by atoms with Crippen LogP contribution in [0.5, 0.6) is 6.01 Å². The molecule has 0 aliphatic heterocycles. The van der Waals surface area contributed by atoms with E-state index in [2.05, 4.69) is 23.8 Å². The van der Waals surface area contributed by atoms with Crippen LogP contribution < -0.4 is 4.74 Å². The van der Waals surface area contributed by atoms with Gasteiger partial charge in [0, 0.05) is 12.4 Å². The molecule has 1 rings (SSSR count). The number of nitrogens with zero attached hydrogens (tertiary/aromatic N) is 2. The predicted octanol–water partition coefficient (Wildman–Crippen LogP) is 3.80. The first-order valence-corrected chi connectivity index (χ1v) is 6.75. The van der Waals surface area contributed by atoms with Gasteiger partial charge in [-0.25, -0.2) is 14.4 Å². The van der Waals surface area contributed by atoms with Gasteiger partial charge in [0.05, 0.1) is 0 Å². The highest BCUT2D eigenvalue weighted by atomic mass is 19.1. The topological polar surface area (TPSA) is 35.0 Å². The first-order chi connectivity index (χ1) is 8.67. The molecule has 1 aromatic heterocycles. The molecule has 0 aliphatic carbocycles. The average molecular weight is 254 g/mol. The molecule has 0 fully saturated rings. The summed E-state index contributed by atoms with van der Waals surface area (Å²) in [5, 5.41) is 0. The zero-order chi connectivity index (χ0) is 13.4. The quantitative estimate of drug-likeness (QED) is 0.707. The molecular formula is C14H23FN2O. The Balaban J connectivity index is 2.56. The predicted molar refractivity (Wildman–Crippen MR) is 70.3 cm³/mol. The van der Waals surface area contributed by atoms with Crippen molar-refractivity contribution in [3.63, 3.8) is 0 Å².